The first kappa shape index (κ1) is 22.9. The molecule has 0 bridgehead atoms. The summed E-state index contributed by atoms with van der Waals surface area (Å²) in [5, 5.41) is 19.3. The van der Waals surface area contributed by atoms with Crippen molar-refractivity contribution in [2.45, 2.75) is 11.8 Å². The number of hydrogen-bond donors (Lipinski definition) is 3. The predicted octanol–water partition coefficient (Wildman–Crippen LogP) is 5.07. The average Bonchev–Trinajstić information content (AvgIpc) is 3.25. The third-order valence-electron chi connectivity index (χ3n) is 4.84. The van der Waals surface area contributed by atoms with Crippen molar-refractivity contribution in [3.63, 3.8) is 0 Å². The highest BCUT2D eigenvalue weighted by Gasteiger charge is 2.14. The van der Waals surface area contributed by atoms with Gasteiger partial charge < -0.3 is 24.7 Å². The minimum Gasteiger partial charge on any atom is -0.493 e. The number of thioether (sulfide) groups is 1. The van der Waals surface area contributed by atoms with Gasteiger partial charge in [-0.05, 0) is 65.4 Å². The fourth-order valence-corrected chi connectivity index (χ4v) is 4.01. The second-order valence-corrected chi connectivity index (χ2v) is 8.21. The first-order valence-corrected chi connectivity index (χ1v) is 11.0. The Hall–Kier alpha value is -4.24. The van der Waals surface area contributed by atoms with Gasteiger partial charge in [-0.1, -0.05) is 30.3 Å². The number of ether oxygens (including phenoxy) is 2. The van der Waals surface area contributed by atoms with E-state index < -0.39 is 11.9 Å². The number of fused-ring (bicyclic) bond motifs is 1. The van der Waals surface area contributed by atoms with Gasteiger partial charge >= 0.3 is 11.9 Å². The quantitative estimate of drug-likeness (QED) is 0.226. The molecule has 0 saturated heterocycles. The third-order valence-corrected chi connectivity index (χ3v) is 5.74. The molecule has 0 unspecified atom stereocenters. The molecule has 0 aliphatic carbocycles. The van der Waals surface area contributed by atoms with Crippen LogP contribution in [0.3, 0.4) is 0 Å². The zero-order chi connectivity index (χ0) is 24.1. The molecule has 3 aromatic carbocycles. The summed E-state index contributed by atoms with van der Waals surface area (Å²) in [4.78, 5) is 30.6. The molecule has 0 radical (unpaired) electrons. The van der Waals surface area contributed by atoms with Crippen molar-refractivity contribution in [1.82, 2.24) is 9.97 Å². The van der Waals surface area contributed by atoms with E-state index in [-0.39, 0.29) is 17.1 Å². The summed E-state index contributed by atoms with van der Waals surface area (Å²) >= 11 is 1.02. The Morgan fingerprint density at radius 3 is 2.59 bits per heavy atom. The third kappa shape index (κ3) is 5.38. The number of carboxylic acid groups (broad SMARTS) is 2. The van der Waals surface area contributed by atoms with Crippen molar-refractivity contribution in [3.8, 4) is 11.5 Å². The minimum absolute atomic E-state index is 0.0836. The molecule has 3 N–H and O–H groups in total. The number of benzene rings is 3. The maximum atomic E-state index is 11.9. The fourth-order valence-electron chi connectivity index (χ4n) is 3.22. The maximum Gasteiger partial charge on any atom is 0.342 e. The van der Waals surface area contributed by atoms with Crippen LogP contribution in [0, 0.1) is 0 Å². The normalized spacial score (nSPS) is 11.4. The van der Waals surface area contributed by atoms with E-state index in [0.29, 0.717) is 27.8 Å². The van der Waals surface area contributed by atoms with Crippen molar-refractivity contribution < 1.29 is 29.3 Å². The number of nitrogens with one attached hydrogen (secondary N) is 1. The number of imidazole rings is 1. The first-order chi connectivity index (χ1) is 16.4. The predicted molar refractivity (Wildman–Crippen MR) is 128 cm³/mol. The molecule has 172 valence electrons. The number of methoxy groups -OCH3 is 1. The molecule has 4 aromatic rings. The Morgan fingerprint density at radius 1 is 1.03 bits per heavy atom. The Balaban J connectivity index is 1.53. The highest BCUT2D eigenvalue weighted by Crippen LogP contribution is 2.32. The van der Waals surface area contributed by atoms with Gasteiger partial charge in [0.05, 0.1) is 23.7 Å². The van der Waals surface area contributed by atoms with E-state index in [0.717, 1.165) is 22.8 Å². The van der Waals surface area contributed by atoms with Crippen molar-refractivity contribution in [2.75, 3.05) is 7.11 Å². The van der Waals surface area contributed by atoms with Crippen LogP contribution in [0.4, 0.5) is 0 Å². The van der Waals surface area contributed by atoms with Crippen molar-refractivity contribution in [1.29, 1.82) is 0 Å². The topological polar surface area (TPSA) is 122 Å². The van der Waals surface area contributed by atoms with Crippen molar-refractivity contribution >= 4 is 40.8 Å². The van der Waals surface area contributed by atoms with E-state index in [1.54, 1.807) is 36.4 Å². The number of aromatic amines is 1. The number of aromatic nitrogens is 2. The van der Waals surface area contributed by atoms with Crippen LogP contribution in [0.15, 0.2) is 76.8 Å². The first-order valence-electron chi connectivity index (χ1n) is 10.1. The largest absolute Gasteiger partial charge is 0.493 e. The number of hydrogen-bond acceptors (Lipinski definition) is 6. The Bertz CT molecular complexity index is 1360. The summed E-state index contributed by atoms with van der Waals surface area (Å²) in [6, 6.07) is 19.0. The van der Waals surface area contributed by atoms with E-state index in [1.807, 2.05) is 24.3 Å². The lowest BCUT2D eigenvalue weighted by Gasteiger charge is -2.12. The van der Waals surface area contributed by atoms with Crippen molar-refractivity contribution in [2.24, 2.45) is 0 Å². The zero-order valence-corrected chi connectivity index (χ0v) is 18.8. The monoisotopic (exact) mass is 476 g/mol. The summed E-state index contributed by atoms with van der Waals surface area (Å²) in [6.45, 7) is 0.148. The number of carbonyl (C=O) groups is 2. The van der Waals surface area contributed by atoms with E-state index in [9.17, 15) is 14.7 Å². The van der Waals surface area contributed by atoms with Gasteiger partial charge in [-0.25, -0.2) is 14.6 Å². The fraction of sp³-hybridized carbons (Fsp3) is 0.0800. The average molecular weight is 477 g/mol. The molecule has 0 spiro atoms. The zero-order valence-electron chi connectivity index (χ0n) is 18.0. The van der Waals surface area contributed by atoms with Gasteiger partial charge in [0.25, 0.3) is 0 Å². The summed E-state index contributed by atoms with van der Waals surface area (Å²) in [5.74, 6) is -1.22. The SMILES string of the molecule is COc1cc(/C=C(\Sc2nc3ccccc3[nH]2)C(=O)O)ccc1OCc1cccc(C(=O)O)c1. The van der Waals surface area contributed by atoms with Crippen molar-refractivity contribution in [3.05, 3.63) is 88.3 Å². The molecule has 9 heteroatoms. The molecule has 0 fully saturated rings. The lowest BCUT2D eigenvalue weighted by atomic mass is 10.1. The number of aliphatic carboxylic acids is 1. The second-order valence-electron chi connectivity index (χ2n) is 7.18. The second kappa shape index (κ2) is 10.1. The molecule has 1 aromatic heterocycles. The van der Waals surface area contributed by atoms with Crippen LogP contribution >= 0.6 is 11.8 Å². The van der Waals surface area contributed by atoms with Gasteiger partial charge in [-0.3, -0.25) is 0 Å². The summed E-state index contributed by atoms with van der Waals surface area (Å²) < 4.78 is 11.2. The van der Waals surface area contributed by atoms with Crippen LogP contribution in [0.1, 0.15) is 21.5 Å². The van der Waals surface area contributed by atoms with E-state index in [1.165, 1.54) is 19.3 Å². The van der Waals surface area contributed by atoms with E-state index in [2.05, 4.69) is 9.97 Å². The number of carboxylic acids is 2. The lowest BCUT2D eigenvalue weighted by Crippen LogP contribution is -2.01. The Kier molecular flexibility index (Phi) is 6.84. The molecule has 8 nitrogen and oxygen atoms in total. The van der Waals surface area contributed by atoms with Gasteiger partial charge in [0.2, 0.25) is 0 Å². The molecule has 0 saturated carbocycles. The lowest BCUT2D eigenvalue weighted by molar-refractivity contribution is -0.131. The van der Waals surface area contributed by atoms with Gasteiger partial charge in [-0.15, -0.1) is 0 Å². The number of nitrogens with zero attached hydrogens (tertiary/aromatic N) is 1. The van der Waals surface area contributed by atoms with Gasteiger partial charge in [0.1, 0.15) is 11.5 Å². The molecule has 0 aliphatic rings. The van der Waals surface area contributed by atoms with Gasteiger partial charge in [0.15, 0.2) is 16.7 Å². The highest BCUT2D eigenvalue weighted by atomic mass is 32.2. The molecule has 1 heterocycles. The van der Waals surface area contributed by atoms with E-state index in [4.69, 9.17) is 14.6 Å². The molecular weight excluding hydrogens is 456 g/mol. The van der Waals surface area contributed by atoms with Crippen LogP contribution in [0.2, 0.25) is 0 Å². The molecule has 4 rings (SSSR count). The Labute approximate surface area is 198 Å². The van der Waals surface area contributed by atoms with Crippen LogP contribution in [-0.2, 0) is 11.4 Å². The molecule has 34 heavy (non-hydrogen) atoms. The highest BCUT2D eigenvalue weighted by molar-refractivity contribution is 8.04. The minimum atomic E-state index is -1.08. The van der Waals surface area contributed by atoms with Crippen LogP contribution in [-0.4, -0.2) is 39.2 Å². The number of aromatic carboxylic acids is 1. The van der Waals surface area contributed by atoms with Crippen LogP contribution < -0.4 is 9.47 Å². The van der Waals surface area contributed by atoms with Crippen LogP contribution in [0.25, 0.3) is 17.1 Å². The molecule has 0 amide bonds. The number of para-hydroxylation sites is 2. The molecule has 0 aliphatic heterocycles. The summed E-state index contributed by atoms with van der Waals surface area (Å²) in [6.07, 6.45) is 1.53. The maximum absolute atomic E-state index is 11.9. The standard InChI is InChI=1S/C25H20N2O6S/c1-32-21-12-15(9-10-20(21)33-14-16-5-4-6-17(11-16)23(28)29)13-22(24(30)31)34-25-26-18-7-2-3-8-19(18)27-25/h2-13H,14H2,1H3,(H,26,27)(H,28,29)(H,30,31)/b22-13-. The smallest absolute Gasteiger partial charge is 0.342 e. The summed E-state index contributed by atoms with van der Waals surface area (Å²) in [5.41, 5.74) is 3.06. The number of rotatable bonds is 9. The van der Waals surface area contributed by atoms with Gasteiger partial charge in [0, 0.05) is 0 Å². The summed E-state index contributed by atoms with van der Waals surface area (Å²) in [7, 11) is 1.49. The van der Waals surface area contributed by atoms with Crippen LogP contribution in [0.5, 0.6) is 11.5 Å². The van der Waals surface area contributed by atoms with Gasteiger partial charge in [-0.2, -0.15) is 0 Å². The Morgan fingerprint density at radius 2 is 1.85 bits per heavy atom. The van der Waals surface area contributed by atoms with E-state index >= 15 is 0 Å². The number of H-pyrrole nitrogens is 1. The molecular formula is C25H20N2O6S. The molecule has 0 atom stereocenters.